The predicted octanol–water partition coefficient (Wildman–Crippen LogP) is -0.0392. The van der Waals surface area contributed by atoms with E-state index in [0.29, 0.717) is 12.6 Å². The molecule has 4 nitrogen and oxygen atoms in total. The average molecular weight is 222 g/mol. The van der Waals surface area contributed by atoms with Crippen molar-refractivity contribution in [1.29, 1.82) is 0 Å². The molecular weight excluding hydrogens is 200 g/mol. The lowest BCUT2D eigenvalue weighted by Crippen LogP contribution is -2.34. The van der Waals surface area contributed by atoms with E-state index in [0.717, 1.165) is 13.1 Å². The predicted molar refractivity (Wildman–Crippen MR) is 60.3 cm³/mol. The largest absolute Gasteiger partial charge is 0.313 e. The molecule has 0 saturated carbocycles. The Morgan fingerprint density at radius 2 is 1.86 bits per heavy atom. The lowest BCUT2D eigenvalue weighted by Gasteiger charge is -2.17. The molecule has 0 aromatic carbocycles. The maximum absolute atomic E-state index is 10.9. The van der Waals surface area contributed by atoms with Crippen LogP contribution in [0.3, 0.4) is 0 Å². The summed E-state index contributed by atoms with van der Waals surface area (Å²) in [6, 6.07) is 0.485. The summed E-state index contributed by atoms with van der Waals surface area (Å²) in [4.78, 5) is 2.02. The maximum Gasteiger partial charge on any atom is 0.148 e. The molecule has 0 unspecified atom stereocenters. The summed E-state index contributed by atoms with van der Waals surface area (Å²) in [5.41, 5.74) is 0. The number of sulfone groups is 1. The minimum atomic E-state index is -2.82. The van der Waals surface area contributed by atoms with Gasteiger partial charge in [0.1, 0.15) is 9.84 Å². The normalized spacial score (nSPS) is 12.7. The summed E-state index contributed by atoms with van der Waals surface area (Å²) in [7, 11) is -0.885. The quantitative estimate of drug-likeness (QED) is 0.657. The zero-order chi connectivity index (χ0) is 11.2. The lowest BCUT2D eigenvalue weighted by atomic mass is 10.4. The zero-order valence-electron chi connectivity index (χ0n) is 9.58. The standard InChI is InChI=1S/C9H22N2O2S/c1-9(2)10-5-6-11(3)7-8-14(4,12)13/h9-10H,5-8H2,1-4H3. The first-order valence-corrected chi connectivity index (χ1v) is 6.97. The Hall–Kier alpha value is -0.130. The van der Waals surface area contributed by atoms with Gasteiger partial charge in [-0.2, -0.15) is 0 Å². The Morgan fingerprint density at radius 3 is 2.29 bits per heavy atom. The van der Waals surface area contributed by atoms with Gasteiger partial charge in [0.25, 0.3) is 0 Å². The minimum absolute atomic E-state index is 0.241. The van der Waals surface area contributed by atoms with Crippen molar-refractivity contribution in [2.75, 3.05) is 38.7 Å². The number of rotatable bonds is 7. The molecule has 0 aliphatic heterocycles. The number of likely N-dealkylation sites (N-methyl/N-ethyl adjacent to an activating group) is 1. The number of nitrogens with one attached hydrogen (secondary N) is 1. The average Bonchev–Trinajstić information content (AvgIpc) is 1.99. The van der Waals surface area contributed by atoms with Crippen LogP contribution in [-0.4, -0.2) is 58.1 Å². The SMILES string of the molecule is CC(C)NCCN(C)CCS(C)(=O)=O. The Balaban J connectivity index is 3.51. The molecule has 0 rings (SSSR count). The van der Waals surface area contributed by atoms with Crippen LogP contribution < -0.4 is 5.32 Å². The fourth-order valence-electron chi connectivity index (χ4n) is 0.978. The maximum atomic E-state index is 10.9. The van der Waals surface area contributed by atoms with E-state index in [-0.39, 0.29) is 5.75 Å². The molecule has 0 bridgehead atoms. The Kier molecular flexibility index (Phi) is 6.31. The van der Waals surface area contributed by atoms with Crippen LogP contribution in [-0.2, 0) is 9.84 Å². The molecule has 0 aliphatic rings. The van der Waals surface area contributed by atoms with Crippen LogP contribution in [0.2, 0.25) is 0 Å². The molecule has 14 heavy (non-hydrogen) atoms. The summed E-state index contributed by atoms with van der Waals surface area (Å²) in [6.45, 7) is 6.58. The van der Waals surface area contributed by atoms with Gasteiger partial charge in [-0.1, -0.05) is 13.8 Å². The molecule has 0 heterocycles. The van der Waals surface area contributed by atoms with Crippen molar-refractivity contribution in [3.05, 3.63) is 0 Å². The van der Waals surface area contributed by atoms with Gasteiger partial charge in [0, 0.05) is 31.9 Å². The van der Waals surface area contributed by atoms with Crippen LogP contribution in [0, 0.1) is 0 Å². The van der Waals surface area contributed by atoms with Gasteiger partial charge in [-0.15, -0.1) is 0 Å². The molecular formula is C9H22N2O2S. The second-order valence-corrected chi connectivity index (χ2v) is 6.30. The fraction of sp³-hybridized carbons (Fsp3) is 1.00. The first-order chi connectivity index (χ1) is 6.31. The summed E-state index contributed by atoms with van der Waals surface area (Å²) in [5, 5.41) is 3.28. The van der Waals surface area contributed by atoms with Crippen LogP contribution in [0.15, 0.2) is 0 Å². The molecule has 0 atom stereocenters. The van der Waals surface area contributed by atoms with E-state index >= 15 is 0 Å². The number of nitrogens with zero attached hydrogens (tertiary/aromatic N) is 1. The molecule has 0 aromatic heterocycles. The highest BCUT2D eigenvalue weighted by molar-refractivity contribution is 7.90. The minimum Gasteiger partial charge on any atom is -0.313 e. The van der Waals surface area contributed by atoms with Crippen molar-refractivity contribution in [1.82, 2.24) is 10.2 Å². The van der Waals surface area contributed by atoms with Crippen molar-refractivity contribution in [2.45, 2.75) is 19.9 Å². The van der Waals surface area contributed by atoms with Crippen LogP contribution in [0.4, 0.5) is 0 Å². The summed E-state index contributed by atoms with van der Waals surface area (Å²) in [6.07, 6.45) is 1.27. The highest BCUT2D eigenvalue weighted by Gasteiger charge is 2.04. The molecule has 1 N–H and O–H groups in total. The van der Waals surface area contributed by atoms with Gasteiger partial charge in [0.2, 0.25) is 0 Å². The van der Waals surface area contributed by atoms with Crippen molar-refractivity contribution < 1.29 is 8.42 Å². The fourth-order valence-corrected chi connectivity index (χ4v) is 1.62. The third-order valence-electron chi connectivity index (χ3n) is 1.89. The van der Waals surface area contributed by atoms with E-state index < -0.39 is 9.84 Å². The highest BCUT2D eigenvalue weighted by atomic mass is 32.2. The van der Waals surface area contributed by atoms with Gasteiger partial charge < -0.3 is 10.2 Å². The lowest BCUT2D eigenvalue weighted by molar-refractivity contribution is 0.344. The molecule has 86 valence electrons. The van der Waals surface area contributed by atoms with Crippen molar-refractivity contribution in [3.8, 4) is 0 Å². The number of hydrogen-bond donors (Lipinski definition) is 1. The van der Waals surface area contributed by atoms with Gasteiger partial charge >= 0.3 is 0 Å². The van der Waals surface area contributed by atoms with E-state index in [1.165, 1.54) is 6.26 Å². The summed E-state index contributed by atoms with van der Waals surface area (Å²) < 4.78 is 21.8. The first-order valence-electron chi connectivity index (χ1n) is 4.91. The zero-order valence-corrected chi connectivity index (χ0v) is 10.4. The molecule has 0 radical (unpaired) electrons. The van der Waals surface area contributed by atoms with Gasteiger partial charge in [-0.3, -0.25) is 0 Å². The summed E-state index contributed by atoms with van der Waals surface area (Å²) in [5.74, 6) is 0.241. The van der Waals surface area contributed by atoms with E-state index in [1.807, 2.05) is 11.9 Å². The number of hydrogen-bond acceptors (Lipinski definition) is 4. The van der Waals surface area contributed by atoms with E-state index in [4.69, 9.17) is 0 Å². The molecule has 0 amide bonds. The molecule has 0 aromatic rings. The van der Waals surface area contributed by atoms with Gasteiger partial charge in [-0.25, -0.2) is 8.42 Å². The van der Waals surface area contributed by atoms with E-state index in [1.54, 1.807) is 0 Å². The molecule has 0 fully saturated rings. The van der Waals surface area contributed by atoms with Crippen LogP contribution in [0.25, 0.3) is 0 Å². The monoisotopic (exact) mass is 222 g/mol. The van der Waals surface area contributed by atoms with Crippen molar-refractivity contribution in [2.24, 2.45) is 0 Å². The third kappa shape index (κ3) is 9.95. The van der Waals surface area contributed by atoms with Crippen LogP contribution >= 0.6 is 0 Å². The van der Waals surface area contributed by atoms with Gasteiger partial charge in [0.15, 0.2) is 0 Å². The second-order valence-electron chi connectivity index (χ2n) is 4.04. The molecule has 0 aliphatic carbocycles. The molecule has 0 spiro atoms. The Bertz CT molecular complexity index is 237. The van der Waals surface area contributed by atoms with E-state index in [9.17, 15) is 8.42 Å². The van der Waals surface area contributed by atoms with Crippen LogP contribution in [0.5, 0.6) is 0 Å². The van der Waals surface area contributed by atoms with Crippen LogP contribution in [0.1, 0.15) is 13.8 Å². The first kappa shape index (κ1) is 13.9. The molecule has 5 heteroatoms. The Labute approximate surface area is 87.6 Å². The van der Waals surface area contributed by atoms with Crippen molar-refractivity contribution in [3.63, 3.8) is 0 Å². The summed E-state index contributed by atoms with van der Waals surface area (Å²) >= 11 is 0. The van der Waals surface area contributed by atoms with E-state index in [2.05, 4.69) is 19.2 Å². The van der Waals surface area contributed by atoms with Gasteiger partial charge in [-0.05, 0) is 7.05 Å². The second kappa shape index (κ2) is 6.37. The third-order valence-corrected chi connectivity index (χ3v) is 2.81. The highest BCUT2D eigenvalue weighted by Crippen LogP contribution is 1.87. The van der Waals surface area contributed by atoms with Crippen molar-refractivity contribution >= 4 is 9.84 Å². The van der Waals surface area contributed by atoms with Gasteiger partial charge in [0.05, 0.1) is 5.75 Å². The smallest absolute Gasteiger partial charge is 0.148 e. The Morgan fingerprint density at radius 1 is 1.29 bits per heavy atom. The molecule has 0 saturated heterocycles. The topological polar surface area (TPSA) is 49.4 Å².